The maximum Gasteiger partial charge on any atom is 0.252 e. The molecule has 0 bridgehead atoms. The van der Waals surface area contributed by atoms with E-state index in [1.165, 1.54) is 50.4 Å². The fourth-order valence-corrected chi connectivity index (χ4v) is 3.82. The number of benzene rings is 1. The summed E-state index contributed by atoms with van der Waals surface area (Å²) in [5, 5.41) is 4.84. The molecule has 2 aromatic heterocycles. The molecular formula is C19H21FN4O. The Bertz CT molecular complexity index is 943. The van der Waals surface area contributed by atoms with Crippen molar-refractivity contribution >= 4 is 33.5 Å². The molecule has 1 aliphatic rings. The lowest BCUT2D eigenvalue weighted by atomic mass is 9.89. The van der Waals surface area contributed by atoms with Gasteiger partial charge in [0.15, 0.2) is 0 Å². The zero-order valence-electron chi connectivity index (χ0n) is 13.9. The molecule has 4 rings (SSSR count). The molecule has 0 atom stereocenters. The Kier molecular flexibility index (Phi) is 4.03. The highest BCUT2D eigenvalue weighted by atomic mass is 19.1. The minimum absolute atomic E-state index is 0.315. The van der Waals surface area contributed by atoms with E-state index in [0.29, 0.717) is 28.2 Å². The van der Waals surface area contributed by atoms with E-state index in [4.69, 9.17) is 5.73 Å². The number of fused-ring (bicyclic) bond motifs is 3. The van der Waals surface area contributed by atoms with E-state index in [1.807, 2.05) is 0 Å². The molecule has 4 N–H and O–H groups in total. The van der Waals surface area contributed by atoms with Crippen LogP contribution in [0.25, 0.3) is 21.8 Å². The molecule has 0 radical (unpaired) electrons. The van der Waals surface area contributed by atoms with Crippen LogP contribution in [0.4, 0.5) is 10.2 Å². The monoisotopic (exact) mass is 340 g/mol. The normalized spacial score (nSPS) is 15.7. The molecule has 0 saturated heterocycles. The molecule has 2 heterocycles. The first kappa shape index (κ1) is 15.9. The summed E-state index contributed by atoms with van der Waals surface area (Å²) in [5.41, 5.74) is 7.16. The zero-order chi connectivity index (χ0) is 17.4. The highest BCUT2D eigenvalue weighted by Crippen LogP contribution is 2.33. The van der Waals surface area contributed by atoms with Gasteiger partial charge < -0.3 is 16.0 Å². The van der Waals surface area contributed by atoms with Crippen LogP contribution < -0.4 is 11.1 Å². The van der Waals surface area contributed by atoms with Gasteiger partial charge in [-0.1, -0.05) is 19.3 Å². The second-order valence-corrected chi connectivity index (χ2v) is 6.83. The van der Waals surface area contributed by atoms with Crippen molar-refractivity contribution in [3.63, 3.8) is 0 Å². The first-order chi connectivity index (χ1) is 12.1. The van der Waals surface area contributed by atoms with Crippen molar-refractivity contribution in [1.29, 1.82) is 0 Å². The van der Waals surface area contributed by atoms with Crippen molar-refractivity contribution in [3.05, 3.63) is 35.8 Å². The number of primary amides is 1. The van der Waals surface area contributed by atoms with E-state index in [-0.39, 0.29) is 5.82 Å². The number of aromatic nitrogens is 2. The van der Waals surface area contributed by atoms with E-state index in [2.05, 4.69) is 15.3 Å². The Balaban J connectivity index is 1.80. The van der Waals surface area contributed by atoms with Crippen LogP contribution in [0.5, 0.6) is 0 Å². The fraction of sp³-hybridized carbons (Fsp3) is 0.368. The number of H-pyrrole nitrogens is 1. The first-order valence-electron chi connectivity index (χ1n) is 8.77. The van der Waals surface area contributed by atoms with Crippen LogP contribution in [-0.2, 0) is 0 Å². The van der Waals surface area contributed by atoms with E-state index in [1.54, 1.807) is 6.07 Å². The molecule has 25 heavy (non-hydrogen) atoms. The number of nitrogens with one attached hydrogen (secondary N) is 2. The zero-order valence-corrected chi connectivity index (χ0v) is 13.9. The molecule has 3 aromatic rings. The number of rotatable bonds is 4. The minimum atomic E-state index is -0.552. The quantitative estimate of drug-likeness (QED) is 0.672. The molecule has 5 nitrogen and oxygen atoms in total. The van der Waals surface area contributed by atoms with Gasteiger partial charge in [0.25, 0.3) is 5.91 Å². The van der Waals surface area contributed by atoms with Crippen molar-refractivity contribution in [2.45, 2.75) is 32.1 Å². The van der Waals surface area contributed by atoms with Gasteiger partial charge in [-0.15, -0.1) is 0 Å². The van der Waals surface area contributed by atoms with Crippen molar-refractivity contribution < 1.29 is 9.18 Å². The van der Waals surface area contributed by atoms with Gasteiger partial charge in [0.2, 0.25) is 0 Å². The maximum atomic E-state index is 13.8. The Labute approximate surface area is 144 Å². The molecule has 0 spiro atoms. The van der Waals surface area contributed by atoms with Gasteiger partial charge in [-0.2, -0.15) is 0 Å². The average molecular weight is 340 g/mol. The SMILES string of the molecule is NC(=O)c1cnc(NCC2CCCCC2)c2c1[nH]c1ccc(F)cc12. The summed E-state index contributed by atoms with van der Waals surface area (Å²) in [6, 6.07) is 4.52. The third-order valence-corrected chi connectivity index (χ3v) is 5.14. The molecule has 1 amide bonds. The van der Waals surface area contributed by atoms with Crippen molar-refractivity contribution in [3.8, 4) is 0 Å². The number of nitrogens with zero attached hydrogens (tertiary/aromatic N) is 1. The average Bonchev–Trinajstić information content (AvgIpc) is 2.99. The van der Waals surface area contributed by atoms with Crippen LogP contribution in [-0.4, -0.2) is 22.4 Å². The number of pyridine rings is 1. The van der Waals surface area contributed by atoms with E-state index in [0.717, 1.165) is 17.4 Å². The van der Waals surface area contributed by atoms with Gasteiger partial charge in [0.1, 0.15) is 11.6 Å². The van der Waals surface area contributed by atoms with Gasteiger partial charge in [0, 0.05) is 23.6 Å². The summed E-state index contributed by atoms with van der Waals surface area (Å²) in [5.74, 6) is 0.422. The topological polar surface area (TPSA) is 83.8 Å². The molecule has 1 fully saturated rings. The molecule has 130 valence electrons. The van der Waals surface area contributed by atoms with Gasteiger partial charge in [-0.3, -0.25) is 4.79 Å². The lowest BCUT2D eigenvalue weighted by Crippen LogP contribution is -2.18. The van der Waals surface area contributed by atoms with Crippen molar-refractivity contribution in [2.24, 2.45) is 11.7 Å². The maximum absolute atomic E-state index is 13.8. The van der Waals surface area contributed by atoms with Crippen LogP contribution in [0.3, 0.4) is 0 Å². The Morgan fingerprint density at radius 3 is 2.88 bits per heavy atom. The van der Waals surface area contributed by atoms with Gasteiger partial charge in [-0.05, 0) is 37.0 Å². The molecule has 1 aliphatic carbocycles. The third-order valence-electron chi connectivity index (χ3n) is 5.14. The Morgan fingerprint density at radius 1 is 1.32 bits per heavy atom. The largest absolute Gasteiger partial charge is 0.369 e. The summed E-state index contributed by atoms with van der Waals surface area (Å²) < 4.78 is 13.8. The molecule has 6 heteroatoms. The van der Waals surface area contributed by atoms with E-state index >= 15 is 0 Å². The lowest BCUT2D eigenvalue weighted by Gasteiger charge is -2.22. The number of amides is 1. The number of carbonyl (C=O) groups is 1. The molecule has 1 saturated carbocycles. The molecule has 1 aromatic carbocycles. The minimum Gasteiger partial charge on any atom is -0.369 e. The van der Waals surface area contributed by atoms with Crippen LogP contribution in [0.1, 0.15) is 42.5 Å². The van der Waals surface area contributed by atoms with Crippen LogP contribution in [0, 0.1) is 11.7 Å². The number of hydrogen-bond donors (Lipinski definition) is 3. The number of halogens is 1. The summed E-state index contributed by atoms with van der Waals surface area (Å²) >= 11 is 0. The van der Waals surface area contributed by atoms with Crippen LogP contribution >= 0.6 is 0 Å². The fourth-order valence-electron chi connectivity index (χ4n) is 3.82. The highest BCUT2D eigenvalue weighted by molar-refractivity contribution is 6.18. The summed E-state index contributed by atoms with van der Waals surface area (Å²) in [4.78, 5) is 19.3. The van der Waals surface area contributed by atoms with Crippen molar-refractivity contribution in [2.75, 3.05) is 11.9 Å². The second kappa shape index (κ2) is 6.35. The number of anilines is 1. The predicted octanol–water partition coefficient (Wildman–Crippen LogP) is 3.95. The predicted molar refractivity (Wildman–Crippen MR) is 97.1 cm³/mol. The highest BCUT2D eigenvalue weighted by Gasteiger charge is 2.19. The van der Waals surface area contributed by atoms with E-state index < -0.39 is 5.91 Å². The van der Waals surface area contributed by atoms with Crippen LogP contribution in [0.15, 0.2) is 24.4 Å². The summed E-state index contributed by atoms with van der Waals surface area (Å²) in [6.45, 7) is 0.833. The first-order valence-corrected chi connectivity index (χ1v) is 8.77. The Morgan fingerprint density at radius 2 is 2.12 bits per heavy atom. The molecule has 0 aliphatic heterocycles. The van der Waals surface area contributed by atoms with Crippen molar-refractivity contribution in [1.82, 2.24) is 9.97 Å². The standard InChI is InChI=1S/C19H21FN4O/c20-12-6-7-15-13(8-12)16-17(24-15)14(18(21)25)10-23-19(16)22-9-11-4-2-1-3-5-11/h6-8,10-11,24H,1-5,9H2,(H2,21,25)(H,22,23). The van der Waals surface area contributed by atoms with Crippen LogP contribution in [0.2, 0.25) is 0 Å². The Hall–Kier alpha value is -2.63. The summed E-state index contributed by atoms with van der Waals surface area (Å²) in [6.07, 6.45) is 7.78. The smallest absolute Gasteiger partial charge is 0.252 e. The number of carbonyl (C=O) groups excluding carboxylic acids is 1. The van der Waals surface area contributed by atoms with E-state index in [9.17, 15) is 9.18 Å². The van der Waals surface area contributed by atoms with Gasteiger partial charge in [-0.25, -0.2) is 9.37 Å². The number of hydrogen-bond acceptors (Lipinski definition) is 3. The molecule has 0 unspecified atom stereocenters. The summed E-state index contributed by atoms with van der Waals surface area (Å²) in [7, 11) is 0. The van der Waals surface area contributed by atoms with Gasteiger partial charge in [0.05, 0.1) is 16.5 Å². The lowest BCUT2D eigenvalue weighted by molar-refractivity contribution is 0.100. The molecular weight excluding hydrogens is 319 g/mol. The second-order valence-electron chi connectivity index (χ2n) is 6.83. The number of nitrogens with two attached hydrogens (primary N) is 1. The van der Waals surface area contributed by atoms with Gasteiger partial charge >= 0.3 is 0 Å². The third kappa shape index (κ3) is 2.92. The number of aromatic amines is 1.